The molecule has 0 radical (unpaired) electrons. The van der Waals surface area contributed by atoms with E-state index in [0.29, 0.717) is 28.4 Å². The van der Waals surface area contributed by atoms with Gasteiger partial charge in [0, 0.05) is 23.0 Å². The van der Waals surface area contributed by atoms with Gasteiger partial charge in [-0.3, -0.25) is 9.59 Å². The normalized spacial score (nSPS) is 23.9. The molecule has 194 valence electrons. The van der Waals surface area contributed by atoms with Gasteiger partial charge in [0.2, 0.25) is 5.91 Å². The molecule has 3 aliphatic heterocycles. The fourth-order valence-corrected chi connectivity index (χ4v) is 7.14. The zero-order valence-electron chi connectivity index (χ0n) is 18.4. The highest BCUT2D eigenvalue weighted by molar-refractivity contribution is 8.00. The minimum atomic E-state index is -1.36. The summed E-state index contributed by atoms with van der Waals surface area (Å²) in [4.78, 5) is 50.9. The first kappa shape index (κ1) is 26.5. The molecule has 0 bridgehead atoms. The van der Waals surface area contributed by atoms with E-state index in [4.69, 9.17) is 0 Å². The molecular weight excluding hydrogens is 553 g/mol. The van der Waals surface area contributed by atoms with Crippen LogP contribution in [0.2, 0.25) is 0 Å². The Balaban J connectivity index is 1.45. The third-order valence-corrected chi connectivity index (χ3v) is 8.89. The fraction of sp³-hybridized carbons (Fsp3) is 0.500. The quantitative estimate of drug-likeness (QED) is 0.122. The number of fused-ring (bicyclic) bond motifs is 1. The Hall–Kier alpha value is -2.57. The van der Waals surface area contributed by atoms with Crippen molar-refractivity contribution in [1.82, 2.24) is 41.1 Å². The SMILES string of the molecule is O=C(Cn1cnnn1)N[C@H](C(=O)O)[C@@H]1NC(C(=O)N[C@H]2[C@H]3SCC(CS)=C(C(=O)O)N32)=C(CS)CS1. The van der Waals surface area contributed by atoms with Crippen LogP contribution < -0.4 is 16.0 Å². The number of carboxylic acids is 2. The second-order valence-electron chi connectivity index (χ2n) is 7.85. The highest BCUT2D eigenvalue weighted by atomic mass is 32.2. The lowest BCUT2D eigenvalue weighted by molar-refractivity contribution is -0.142. The van der Waals surface area contributed by atoms with Gasteiger partial charge in [-0.15, -0.1) is 28.6 Å². The van der Waals surface area contributed by atoms with Crippen molar-refractivity contribution in [3.8, 4) is 0 Å². The fourth-order valence-electron chi connectivity index (χ4n) is 3.78. The molecule has 2 amide bonds. The van der Waals surface area contributed by atoms with E-state index in [0.717, 1.165) is 4.68 Å². The van der Waals surface area contributed by atoms with Crippen LogP contribution in [0.25, 0.3) is 0 Å². The predicted octanol–water partition coefficient (Wildman–Crippen LogP) is -1.81. The van der Waals surface area contributed by atoms with Gasteiger partial charge in [-0.05, 0) is 21.6 Å². The number of carbonyl (C=O) groups is 4. The summed E-state index contributed by atoms with van der Waals surface area (Å²) >= 11 is 11.2. The first-order chi connectivity index (χ1) is 17.2. The number of rotatable bonds is 10. The van der Waals surface area contributed by atoms with Gasteiger partial charge < -0.3 is 31.1 Å². The van der Waals surface area contributed by atoms with E-state index in [-0.39, 0.29) is 29.1 Å². The topological polar surface area (TPSA) is 191 Å². The van der Waals surface area contributed by atoms with E-state index in [1.807, 2.05) is 0 Å². The number of carboxylic acid groups (broad SMARTS) is 2. The molecule has 36 heavy (non-hydrogen) atoms. The van der Waals surface area contributed by atoms with Crippen molar-refractivity contribution in [2.75, 3.05) is 23.0 Å². The third kappa shape index (κ3) is 5.55. The van der Waals surface area contributed by atoms with E-state index < -0.39 is 41.3 Å². The zero-order valence-corrected chi connectivity index (χ0v) is 21.8. The van der Waals surface area contributed by atoms with Crippen molar-refractivity contribution >= 4 is 72.5 Å². The molecule has 1 fully saturated rings. The van der Waals surface area contributed by atoms with Crippen molar-refractivity contribution < 1.29 is 29.4 Å². The molecule has 4 atom stereocenters. The van der Waals surface area contributed by atoms with Crippen LogP contribution in [0.5, 0.6) is 0 Å². The van der Waals surface area contributed by atoms with E-state index in [9.17, 15) is 29.4 Å². The van der Waals surface area contributed by atoms with Gasteiger partial charge in [-0.2, -0.15) is 25.3 Å². The molecular formula is C18H22N8O6S4. The Morgan fingerprint density at radius 2 is 1.89 bits per heavy atom. The molecule has 0 saturated carbocycles. The molecule has 18 heteroatoms. The standard InChI is InChI=1S/C18H22N8O6S4/c27-9(1-25-6-19-23-24-25)20-11(17(29)30)15-21-10(7(2-33)4-35-15)14(28)22-13-16-26(13)12(18(31)32)8(3-34)5-36-16/h6,11,13,15-16,21,33-34H,1-5H2,(H,20,27)(H,22,28)(H,29,30)(H,31,32)/t11-,13+,15+,16+,26?/m0/s1. The molecule has 1 saturated heterocycles. The summed E-state index contributed by atoms with van der Waals surface area (Å²) in [6.07, 6.45) is 0.696. The lowest BCUT2D eigenvalue weighted by atomic mass is 10.2. The van der Waals surface area contributed by atoms with Gasteiger partial charge in [-0.1, -0.05) is 0 Å². The summed E-state index contributed by atoms with van der Waals surface area (Å²) < 4.78 is 1.15. The number of aromatic nitrogens is 4. The Morgan fingerprint density at radius 3 is 2.50 bits per heavy atom. The second kappa shape index (κ2) is 11.2. The molecule has 1 aromatic heterocycles. The molecule has 5 N–H and O–H groups in total. The van der Waals surface area contributed by atoms with Crippen LogP contribution in [-0.2, 0) is 25.7 Å². The lowest BCUT2D eigenvalue weighted by Crippen LogP contribution is -2.56. The van der Waals surface area contributed by atoms with Crippen LogP contribution in [0.1, 0.15) is 0 Å². The summed E-state index contributed by atoms with van der Waals surface area (Å²) in [6, 6.07) is -1.36. The van der Waals surface area contributed by atoms with Crippen LogP contribution in [0, 0.1) is 0 Å². The van der Waals surface area contributed by atoms with Gasteiger partial charge in [0.1, 0.15) is 41.2 Å². The van der Waals surface area contributed by atoms with Gasteiger partial charge in [0.15, 0.2) is 6.04 Å². The Morgan fingerprint density at radius 1 is 1.17 bits per heavy atom. The average molecular weight is 575 g/mol. The Labute approximate surface area is 223 Å². The molecule has 4 heterocycles. The van der Waals surface area contributed by atoms with Crippen LogP contribution in [0.4, 0.5) is 0 Å². The van der Waals surface area contributed by atoms with Gasteiger partial charge in [0.05, 0.1) is 0 Å². The van der Waals surface area contributed by atoms with E-state index in [1.165, 1.54) is 29.9 Å². The minimum Gasteiger partial charge on any atom is -0.480 e. The van der Waals surface area contributed by atoms with Crippen LogP contribution in [0.3, 0.4) is 0 Å². The van der Waals surface area contributed by atoms with Gasteiger partial charge in [-0.25, -0.2) is 14.3 Å². The summed E-state index contributed by atoms with van der Waals surface area (Å²) in [6.45, 7) is -0.274. The van der Waals surface area contributed by atoms with Crippen LogP contribution >= 0.6 is 48.8 Å². The number of carbonyl (C=O) groups excluding carboxylic acids is 2. The smallest absolute Gasteiger partial charge is 0.352 e. The zero-order chi connectivity index (χ0) is 26.0. The largest absolute Gasteiger partial charge is 0.480 e. The number of aliphatic carboxylic acids is 2. The van der Waals surface area contributed by atoms with Crippen LogP contribution in [0.15, 0.2) is 28.9 Å². The Bertz CT molecular complexity index is 1130. The summed E-state index contributed by atoms with van der Waals surface area (Å²) in [7, 11) is 0. The van der Waals surface area contributed by atoms with Gasteiger partial charge >= 0.3 is 11.9 Å². The number of tetrazole rings is 1. The first-order valence-corrected chi connectivity index (χ1v) is 13.8. The Kier molecular flexibility index (Phi) is 8.26. The maximum Gasteiger partial charge on any atom is 0.352 e. The maximum atomic E-state index is 13.2. The summed E-state index contributed by atoms with van der Waals surface area (Å²) in [5.74, 6) is -2.13. The number of thioether (sulfide) groups is 2. The molecule has 0 spiro atoms. The number of nitrogens with one attached hydrogen (secondary N) is 3. The van der Waals surface area contributed by atoms with Crippen molar-refractivity contribution in [3.05, 3.63) is 28.9 Å². The van der Waals surface area contributed by atoms with E-state index in [2.05, 4.69) is 56.7 Å². The first-order valence-electron chi connectivity index (χ1n) is 10.5. The highest BCUT2D eigenvalue weighted by Crippen LogP contribution is 2.46. The molecule has 0 aliphatic carbocycles. The second-order valence-corrected chi connectivity index (χ2v) is 10.7. The number of hydrogen-bond acceptors (Lipinski definition) is 13. The minimum absolute atomic E-state index is 0.142. The predicted molar refractivity (Wildman–Crippen MR) is 136 cm³/mol. The van der Waals surface area contributed by atoms with Crippen molar-refractivity contribution in [1.29, 1.82) is 0 Å². The van der Waals surface area contributed by atoms with Crippen molar-refractivity contribution in [2.45, 2.75) is 29.5 Å². The van der Waals surface area contributed by atoms with Crippen molar-refractivity contribution in [2.24, 2.45) is 0 Å². The number of nitrogens with zero attached hydrogens (tertiary/aromatic N) is 5. The van der Waals surface area contributed by atoms with Crippen LogP contribution in [-0.4, -0.2) is 105 Å². The maximum absolute atomic E-state index is 13.2. The lowest BCUT2D eigenvalue weighted by Gasteiger charge is -2.32. The molecule has 3 aliphatic rings. The number of amides is 2. The summed E-state index contributed by atoms with van der Waals surface area (Å²) in [5, 5.41) is 36.9. The number of thiol groups is 2. The molecule has 4 rings (SSSR count). The molecule has 0 unspecified atom stereocenters. The van der Waals surface area contributed by atoms with Gasteiger partial charge in [0.25, 0.3) is 5.91 Å². The molecule has 1 aromatic rings. The number of hydrogen-bond donors (Lipinski definition) is 7. The highest BCUT2D eigenvalue weighted by Gasteiger charge is 2.55. The van der Waals surface area contributed by atoms with E-state index in [1.54, 1.807) is 4.90 Å². The molecule has 0 aromatic carbocycles. The average Bonchev–Trinajstić information content (AvgIpc) is 3.28. The van der Waals surface area contributed by atoms with Crippen molar-refractivity contribution in [3.63, 3.8) is 0 Å². The van der Waals surface area contributed by atoms with E-state index >= 15 is 0 Å². The molecule has 14 nitrogen and oxygen atoms in total. The monoisotopic (exact) mass is 574 g/mol. The summed E-state index contributed by atoms with van der Waals surface area (Å²) in [5.41, 5.74) is 1.62. The third-order valence-electron chi connectivity index (χ3n) is 5.53.